The summed E-state index contributed by atoms with van der Waals surface area (Å²) in [5, 5.41) is 27.4. The molecule has 0 aromatic heterocycles. The van der Waals surface area contributed by atoms with Gasteiger partial charge in [0.15, 0.2) is 0 Å². The number of hydrogen-bond donors (Lipinski definition) is 0. The van der Waals surface area contributed by atoms with Crippen molar-refractivity contribution in [1.82, 2.24) is 10.1 Å². The van der Waals surface area contributed by atoms with Crippen molar-refractivity contribution < 1.29 is 29.5 Å². The third-order valence-corrected chi connectivity index (χ3v) is 11.2. The second-order valence-corrected chi connectivity index (χ2v) is 15.9. The average molecular weight is 563 g/mol. The molecule has 0 amide bonds. The zero-order valence-corrected chi connectivity index (χ0v) is 26.3. The van der Waals surface area contributed by atoms with Crippen LogP contribution in [0.4, 0.5) is 0 Å². The van der Waals surface area contributed by atoms with Crippen LogP contribution in [0.15, 0.2) is 0 Å². The Bertz CT molecular complexity index is 840. The zero-order chi connectivity index (χ0) is 29.7. The Morgan fingerprint density at radius 3 is 1.12 bits per heavy atom. The second-order valence-electron chi connectivity index (χ2n) is 15.9. The van der Waals surface area contributed by atoms with E-state index >= 15 is 0 Å². The number of carbonyl (C=O) groups is 2. The van der Waals surface area contributed by atoms with Gasteiger partial charge in [-0.15, -0.1) is 20.5 Å². The number of nitrogens with zero attached hydrogens (tertiary/aromatic N) is 2. The molecular weight excluding hydrogens is 508 g/mol. The summed E-state index contributed by atoms with van der Waals surface area (Å²) in [6.45, 7) is 15.9. The minimum atomic E-state index is -0.739. The molecule has 4 rings (SSSR count). The molecule has 2 aliphatic carbocycles. The summed E-state index contributed by atoms with van der Waals surface area (Å²) in [4.78, 5) is 25.8. The molecule has 2 atom stereocenters. The number of rotatable bonds is 7. The molecule has 40 heavy (non-hydrogen) atoms. The Morgan fingerprint density at radius 2 is 0.875 bits per heavy atom. The lowest BCUT2D eigenvalue weighted by Crippen LogP contribution is -2.47. The maximum absolute atomic E-state index is 12.9. The van der Waals surface area contributed by atoms with E-state index in [1.165, 1.54) is 25.7 Å². The van der Waals surface area contributed by atoms with Gasteiger partial charge in [-0.2, -0.15) is 0 Å². The third kappa shape index (κ3) is 6.25. The molecule has 0 N–H and O–H groups in total. The Labute approximate surface area is 242 Å². The maximum atomic E-state index is 12.9. The van der Waals surface area contributed by atoms with Gasteiger partial charge >= 0.3 is 11.9 Å². The monoisotopic (exact) mass is 562 g/mol. The van der Waals surface area contributed by atoms with Gasteiger partial charge in [0.2, 0.25) is 0 Å². The molecule has 0 bridgehead atoms. The molecule has 0 aromatic carbocycles. The van der Waals surface area contributed by atoms with Crippen LogP contribution in [0.2, 0.25) is 0 Å². The van der Waals surface area contributed by atoms with Crippen molar-refractivity contribution in [3.05, 3.63) is 0 Å². The Kier molecular flexibility index (Phi) is 9.09. The van der Waals surface area contributed by atoms with E-state index in [1.807, 2.05) is 55.4 Å². The molecule has 2 aliphatic heterocycles. The lowest BCUT2D eigenvalue weighted by Gasteiger charge is -2.38. The van der Waals surface area contributed by atoms with E-state index in [4.69, 9.17) is 9.47 Å². The van der Waals surface area contributed by atoms with Gasteiger partial charge in [-0.25, -0.2) is 0 Å². The van der Waals surface area contributed by atoms with Crippen LogP contribution in [-0.4, -0.2) is 57.4 Å². The van der Waals surface area contributed by atoms with Crippen LogP contribution in [0.5, 0.6) is 0 Å². The summed E-state index contributed by atoms with van der Waals surface area (Å²) in [7, 11) is 0. The van der Waals surface area contributed by atoms with Crippen molar-refractivity contribution in [1.29, 1.82) is 0 Å². The summed E-state index contributed by atoms with van der Waals surface area (Å²) >= 11 is 0. The van der Waals surface area contributed by atoms with Gasteiger partial charge in [-0.3, -0.25) is 9.59 Å². The maximum Gasteiger partial charge on any atom is 0.310 e. The van der Waals surface area contributed by atoms with E-state index in [1.54, 1.807) is 0 Å². The standard InChI is InChI=1S/C32H54N2O6/c1-29(2)17-25(31(5,6)33(29)37)27(35)39-19-21-9-13-23(14-10-21)24-15-11-22(12-16-24)20-40-28(36)26-18-30(3,4)34(38)32(26,7)8/h21-26H,9-20H2,1-8H3. The predicted octanol–water partition coefficient (Wildman–Crippen LogP) is 6.13. The molecule has 8 heteroatoms. The van der Waals surface area contributed by atoms with E-state index in [2.05, 4.69) is 0 Å². The van der Waals surface area contributed by atoms with E-state index < -0.39 is 22.2 Å². The summed E-state index contributed by atoms with van der Waals surface area (Å²) in [5.41, 5.74) is -2.57. The minimum absolute atomic E-state index is 0.219. The number of hydroxylamine groups is 4. The Morgan fingerprint density at radius 1 is 0.575 bits per heavy atom. The second kappa shape index (κ2) is 11.5. The van der Waals surface area contributed by atoms with Gasteiger partial charge in [-0.1, -0.05) is 0 Å². The molecular formula is C32H54N2O6. The predicted molar refractivity (Wildman–Crippen MR) is 150 cm³/mol. The Hall–Kier alpha value is -1.22. The van der Waals surface area contributed by atoms with E-state index in [9.17, 15) is 20.0 Å². The highest BCUT2D eigenvalue weighted by Gasteiger charge is 2.57. The summed E-state index contributed by atoms with van der Waals surface area (Å²) in [6, 6.07) is 0. The van der Waals surface area contributed by atoms with E-state index in [0.717, 1.165) is 47.6 Å². The first-order valence-electron chi connectivity index (χ1n) is 15.7. The lowest BCUT2D eigenvalue weighted by molar-refractivity contribution is -0.249. The molecule has 4 fully saturated rings. The average Bonchev–Trinajstić information content (AvgIpc) is 3.18. The van der Waals surface area contributed by atoms with Crippen molar-refractivity contribution in [3.63, 3.8) is 0 Å². The Balaban J connectivity index is 1.14. The number of carbonyl (C=O) groups excluding carboxylic acids is 2. The summed E-state index contributed by atoms with van der Waals surface area (Å²) in [5.74, 6) is 1.06. The molecule has 2 saturated carbocycles. The topological polar surface area (TPSA) is 98.9 Å². The van der Waals surface area contributed by atoms with Crippen LogP contribution in [0.25, 0.3) is 0 Å². The molecule has 4 aliphatic rings. The molecule has 0 spiro atoms. The first-order valence-corrected chi connectivity index (χ1v) is 15.7. The highest BCUT2D eigenvalue weighted by atomic mass is 16.5. The van der Waals surface area contributed by atoms with Gasteiger partial charge < -0.3 is 9.47 Å². The molecule has 8 nitrogen and oxygen atoms in total. The van der Waals surface area contributed by atoms with E-state index in [-0.39, 0.29) is 23.8 Å². The SMILES string of the molecule is CC1(C)CC(C(=O)OCC2CCC(C3CCC(COC(=O)C4CC(C)(C)N([O])C4(C)C)CC3)CC2)C(C)(C)N1[O]. The number of ether oxygens (including phenoxy) is 2. The van der Waals surface area contributed by atoms with E-state index in [0.29, 0.717) is 37.9 Å². The van der Waals surface area contributed by atoms with Crippen LogP contribution in [0, 0.1) is 35.5 Å². The number of esters is 2. The quantitative estimate of drug-likeness (QED) is 0.346. The molecule has 2 unspecified atom stereocenters. The molecule has 228 valence electrons. The van der Waals surface area contributed by atoms with Crippen molar-refractivity contribution in [2.75, 3.05) is 13.2 Å². The van der Waals surface area contributed by atoms with Gasteiger partial charge in [0.1, 0.15) is 0 Å². The van der Waals surface area contributed by atoms with Crippen LogP contribution >= 0.6 is 0 Å². The fraction of sp³-hybridized carbons (Fsp3) is 0.938. The van der Waals surface area contributed by atoms with Gasteiger partial charge in [0.25, 0.3) is 0 Å². The van der Waals surface area contributed by atoms with Crippen molar-refractivity contribution >= 4 is 11.9 Å². The largest absolute Gasteiger partial charge is 0.465 e. The van der Waals surface area contributed by atoms with Crippen LogP contribution < -0.4 is 0 Å². The fourth-order valence-corrected chi connectivity index (χ4v) is 8.50. The normalized spacial score (nSPS) is 37.2. The number of hydrogen-bond acceptors (Lipinski definition) is 6. The van der Waals surface area contributed by atoms with Crippen molar-refractivity contribution in [2.24, 2.45) is 35.5 Å². The molecule has 2 radical (unpaired) electrons. The smallest absolute Gasteiger partial charge is 0.310 e. The van der Waals surface area contributed by atoms with Gasteiger partial charge in [-0.05, 0) is 143 Å². The first kappa shape index (κ1) is 31.7. The van der Waals surface area contributed by atoms with Gasteiger partial charge in [0, 0.05) is 11.1 Å². The minimum Gasteiger partial charge on any atom is -0.465 e. The fourth-order valence-electron chi connectivity index (χ4n) is 8.50. The third-order valence-electron chi connectivity index (χ3n) is 11.2. The van der Waals surface area contributed by atoms with Gasteiger partial charge in [0.05, 0.1) is 36.1 Å². The van der Waals surface area contributed by atoms with Crippen LogP contribution in [0.1, 0.15) is 120 Å². The highest BCUT2D eigenvalue weighted by Crippen LogP contribution is 2.46. The van der Waals surface area contributed by atoms with Crippen LogP contribution in [0.3, 0.4) is 0 Å². The summed E-state index contributed by atoms with van der Waals surface area (Å²) in [6.07, 6.45) is 10.2. The molecule has 2 heterocycles. The molecule has 0 aromatic rings. The first-order chi connectivity index (χ1) is 18.5. The lowest BCUT2D eigenvalue weighted by atomic mass is 9.69. The van der Waals surface area contributed by atoms with Crippen LogP contribution in [-0.2, 0) is 29.5 Å². The zero-order valence-electron chi connectivity index (χ0n) is 26.3. The summed E-state index contributed by atoms with van der Waals surface area (Å²) < 4.78 is 11.6. The molecule has 2 saturated heterocycles. The van der Waals surface area contributed by atoms with Crippen molar-refractivity contribution in [2.45, 2.75) is 142 Å². The van der Waals surface area contributed by atoms with Crippen molar-refractivity contribution in [3.8, 4) is 0 Å². The highest BCUT2D eigenvalue weighted by molar-refractivity contribution is 5.75.